The Labute approximate surface area is 151 Å². The van der Waals surface area contributed by atoms with Gasteiger partial charge < -0.3 is 20.1 Å². The van der Waals surface area contributed by atoms with Gasteiger partial charge in [0.15, 0.2) is 0 Å². The van der Waals surface area contributed by atoms with E-state index in [1.54, 1.807) is 0 Å². The lowest BCUT2D eigenvalue weighted by Gasteiger charge is -2.16. The fourth-order valence-corrected chi connectivity index (χ4v) is 2.95. The molecule has 0 spiro atoms. The van der Waals surface area contributed by atoms with Gasteiger partial charge in [-0.05, 0) is 11.6 Å². The number of benzene rings is 2. The Balaban J connectivity index is 1.99. The first-order valence-corrected chi connectivity index (χ1v) is 8.28. The summed E-state index contributed by atoms with van der Waals surface area (Å²) in [5, 5.41) is 12.3. The normalized spacial score (nSPS) is 13.9. The Morgan fingerprint density at radius 2 is 1.85 bits per heavy atom. The molecular formula is C20H20N2O4. The number of hydrogen-bond acceptors (Lipinski definition) is 5. The standard InChI is InChI=1S/C20H20N2O4/c1-26-20(25)16-13-22(11-12-23)19(24)18(16)21-17-10-6-5-9-15(17)14-7-3-2-4-8-14/h2-10,21,23H,11-13H2,1H3. The maximum absolute atomic E-state index is 12.7. The average Bonchev–Trinajstić information content (AvgIpc) is 2.98. The van der Waals surface area contributed by atoms with Crippen LogP contribution in [-0.2, 0) is 14.3 Å². The van der Waals surface area contributed by atoms with Crippen LogP contribution in [-0.4, -0.2) is 48.7 Å². The first-order valence-electron chi connectivity index (χ1n) is 8.28. The number of nitrogens with one attached hydrogen (secondary N) is 1. The number of hydrogen-bond donors (Lipinski definition) is 2. The van der Waals surface area contributed by atoms with E-state index >= 15 is 0 Å². The average molecular weight is 352 g/mol. The number of aliphatic hydroxyl groups excluding tert-OH is 1. The van der Waals surface area contributed by atoms with Crippen molar-refractivity contribution in [1.29, 1.82) is 0 Å². The second-order valence-electron chi connectivity index (χ2n) is 5.83. The highest BCUT2D eigenvalue weighted by Gasteiger charge is 2.34. The third-order valence-corrected chi connectivity index (χ3v) is 4.23. The molecule has 26 heavy (non-hydrogen) atoms. The van der Waals surface area contributed by atoms with Crippen molar-refractivity contribution >= 4 is 17.6 Å². The van der Waals surface area contributed by atoms with Gasteiger partial charge in [-0.3, -0.25) is 4.79 Å². The van der Waals surface area contributed by atoms with Gasteiger partial charge in [0.1, 0.15) is 5.70 Å². The summed E-state index contributed by atoms with van der Waals surface area (Å²) in [4.78, 5) is 26.2. The van der Waals surface area contributed by atoms with Crippen LogP contribution in [0.5, 0.6) is 0 Å². The second-order valence-corrected chi connectivity index (χ2v) is 5.83. The molecule has 2 aromatic rings. The van der Waals surface area contributed by atoms with Crippen LogP contribution < -0.4 is 5.32 Å². The van der Waals surface area contributed by atoms with E-state index in [1.165, 1.54) is 12.0 Å². The molecule has 0 saturated carbocycles. The number of anilines is 1. The Morgan fingerprint density at radius 3 is 2.54 bits per heavy atom. The zero-order chi connectivity index (χ0) is 18.5. The van der Waals surface area contributed by atoms with Gasteiger partial charge in [-0.1, -0.05) is 48.5 Å². The molecule has 134 valence electrons. The zero-order valence-corrected chi connectivity index (χ0v) is 14.4. The predicted molar refractivity (Wildman–Crippen MR) is 98.2 cm³/mol. The lowest BCUT2D eigenvalue weighted by molar-refractivity contribution is -0.136. The first-order chi connectivity index (χ1) is 12.7. The van der Waals surface area contributed by atoms with E-state index in [0.717, 1.165) is 11.1 Å². The molecule has 1 aliphatic rings. The third-order valence-electron chi connectivity index (χ3n) is 4.23. The minimum absolute atomic E-state index is 0.113. The molecule has 0 fully saturated rings. The van der Waals surface area contributed by atoms with E-state index in [1.807, 2.05) is 54.6 Å². The largest absolute Gasteiger partial charge is 0.466 e. The van der Waals surface area contributed by atoms with Gasteiger partial charge >= 0.3 is 5.97 Å². The van der Waals surface area contributed by atoms with Crippen molar-refractivity contribution in [3.05, 3.63) is 65.9 Å². The molecular weight excluding hydrogens is 332 g/mol. The van der Waals surface area contributed by atoms with Gasteiger partial charge in [0.05, 0.1) is 25.8 Å². The van der Waals surface area contributed by atoms with Crippen molar-refractivity contribution in [3.8, 4) is 11.1 Å². The van der Waals surface area contributed by atoms with Crippen LogP contribution in [0.4, 0.5) is 5.69 Å². The predicted octanol–water partition coefficient (Wildman–Crippen LogP) is 2.03. The summed E-state index contributed by atoms with van der Waals surface area (Å²) in [5.74, 6) is -0.888. The number of aliphatic hydroxyl groups is 1. The maximum Gasteiger partial charge on any atom is 0.337 e. The van der Waals surface area contributed by atoms with Crippen LogP contribution in [0, 0.1) is 0 Å². The fraction of sp³-hybridized carbons (Fsp3) is 0.200. The van der Waals surface area contributed by atoms with Crippen molar-refractivity contribution in [2.45, 2.75) is 0 Å². The number of rotatable bonds is 6. The highest BCUT2D eigenvalue weighted by molar-refractivity contribution is 6.09. The summed E-state index contributed by atoms with van der Waals surface area (Å²) in [6, 6.07) is 17.3. The molecule has 0 saturated heterocycles. The smallest absolute Gasteiger partial charge is 0.337 e. The van der Waals surface area contributed by atoms with Crippen molar-refractivity contribution in [3.63, 3.8) is 0 Å². The Kier molecular flexibility index (Phi) is 5.34. The van der Waals surface area contributed by atoms with Crippen molar-refractivity contribution < 1.29 is 19.4 Å². The third kappa shape index (κ3) is 3.45. The minimum atomic E-state index is -0.557. The van der Waals surface area contributed by atoms with Crippen LogP contribution in [0.1, 0.15) is 0 Å². The summed E-state index contributed by atoms with van der Waals surface area (Å²) in [6.07, 6.45) is 0. The van der Waals surface area contributed by atoms with Crippen LogP contribution in [0.3, 0.4) is 0 Å². The number of β-amino-alcohol motifs (C(OH)–C–C–N with tert-alkyl or cyclic N) is 1. The second kappa shape index (κ2) is 7.84. The van der Waals surface area contributed by atoms with E-state index < -0.39 is 5.97 Å². The molecule has 6 heteroatoms. The van der Waals surface area contributed by atoms with E-state index in [0.29, 0.717) is 5.69 Å². The van der Waals surface area contributed by atoms with Crippen molar-refractivity contribution in [2.24, 2.45) is 0 Å². The number of para-hydroxylation sites is 1. The van der Waals surface area contributed by atoms with Crippen LogP contribution in [0.2, 0.25) is 0 Å². The summed E-state index contributed by atoms with van der Waals surface area (Å²) < 4.78 is 4.81. The number of amides is 1. The summed E-state index contributed by atoms with van der Waals surface area (Å²) in [6.45, 7) is 0.0980. The number of esters is 1. The molecule has 0 atom stereocenters. The van der Waals surface area contributed by atoms with Crippen LogP contribution >= 0.6 is 0 Å². The van der Waals surface area contributed by atoms with Crippen molar-refractivity contribution in [2.75, 3.05) is 32.1 Å². The van der Waals surface area contributed by atoms with Crippen LogP contribution in [0.15, 0.2) is 65.9 Å². The van der Waals surface area contributed by atoms with Gasteiger partial charge in [-0.15, -0.1) is 0 Å². The first kappa shape index (κ1) is 17.7. The van der Waals surface area contributed by atoms with Gasteiger partial charge in [-0.25, -0.2) is 4.79 Å². The van der Waals surface area contributed by atoms with E-state index in [2.05, 4.69) is 5.32 Å². The Hall–Kier alpha value is -3.12. The van der Waals surface area contributed by atoms with Gasteiger partial charge in [-0.2, -0.15) is 0 Å². The topological polar surface area (TPSA) is 78.9 Å². The van der Waals surface area contributed by atoms with Crippen molar-refractivity contribution in [1.82, 2.24) is 4.90 Å². The Bertz CT molecular complexity index is 846. The molecule has 1 heterocycles. The zero-order valence-electron chi connectivity index (χ0n) is 14.4. The molecule has 0 aliphatic carbocycles. The van der Waals surface area contributed by atoms with E-state index in [9.17, 15) is 9.59 Å². The molecule has 0 bridgehead atoms. The number of ether oxygens (including phenoxy) is 1. The molecule has 3 rings (SSSR count). The SMILES string of the molecule is COC(=O)C1=C(Nc2ccccc2-c2ccccc2)C(=O)N(CCO)C1. The lowest BCUT2D eigenvalue weighted by atomic mass is 10.0. The minimum Gasteiger partial charge on any atom is -0.466 e. The lowest BCUT2D eigenvalue weighted by Crippen LogP contribution is -2.31. The van der Waals surface area contributed by atoms with E-state index in [-0.39, 0.29) is 36.9 Å². The molecule has 6 nitrogen and oxygen atoms in total. The molecule has 0 aromatic heterocycles. The summed E-state index contributed by atoms with van der Waals surface area (Å²) in [5.41, 5.74) is 3.07. The molecule has 1 amide bonds. The Morgan fingerprint density at radius 1 is 1.15 bits per heavy atom. The summed E-state index contributed by atoms with van der Waals surface area (Å²) in [7, 11) is 1.28. The highest BCUT2D eigenvalue weighted by Crippen LogP contribution is 2.30. The van der Waals surface area contributed by atoms with Gasteiger partial charge in [0, 0.05) is 17.8 Å². The van der Waals surface area contributed by atoms with Gasteiger partial charge in [0.25, 0.3) is 5.91 Å². The van der Waals surface area contributed by atoms with E-state index in [4.69, 9.17) is 9.84 Å². The number of nitrogens with zero attached hydrogens (tertiary/aromatic N) is 1. The monoisotopic (exact) mass is 352 g/mol. The number of methoxy groups -OCH3 is 1. The number of carbonyl (C=O) groups is 2. The quantitative estimate of drug-likeness (QED) is 0.778. The maximum atomic E-state index is 12.7. The van der Waals surface area contributed by atoms with Gasteiger partial charge in [0.2, 0.25) is 0 Å². The highest BCUT2D eigenvalue weighted by atomic mass is 16.5. The molecule has 2 N–H and O–H groups in total. The molecule has 0 radical (unpaired) electrons. The molecule has 0 unspecified atom stereocenters. The summed E-state index contributed by atoms with van der Waals surface area (Å²) >= 11 is 0. The molecule has 2 aromatic carbocycles. The van der Waals surface area contributed by atoms with Crippen LogP contribution in [0.25, 0.3) is 11.1 Å². The molecule has 1 aliphatic heterocycles. The fourth-order valence-electron chi connectivity index (χ4n) is 2.95. The number of carbonyl (C=O) groups excluding carboxylic acids is 2.